The Morgan fingerprint density at radius 1 is 1.38 bits per heavy atom. The Kier molecular flexibility index (Phi) is 3.37. The van der Waals surface area contributed by atoms with E-state index in [-0.39, 0.29) is 5.56 Å². The molecule has 5 nitrogen and oxygen atoms in total. The van der Waals surface area contributed by atoms with Crippen molar-refractivity contribution in [1.29, 1.82) is 5.26 Å². The fourth-order valence-electron chi connectivity index (χ4n) is 2.11. The molecular formula is C13H10F3N3O2. The molecule has 1 N–H and O–H groups in total. The number of nitrogens with one attached hydrogen (secondary N) is 1. The fourth-order valence-corrected chi connectivity index (χ4v) is 2.11. The summed E-state index contributed by atoms with van der Waals surface area (Å²) in [5.41, 5.74) is -2.52. The summed E-state index contributed by atoms with van der Waals surface area (Å²) in [4.78, 5) is 24.5. The summed E-state index contributed by atoms with van der Waals surface area (Å²) in [5, 5.41) is 10.9. The number of nitriles is 1. The van der Waals surface area contributed by atoms with Gasteiger partial charge in [0, 0.05) is 0 Å². The molecule has 1 aliphatic rings. The Morgan fingerprint density at radius 2 is 2.05 bits per heavy atom. The van der Waals surface area contributed by atoms with E-state index in [0.717, 1.165) is 18.2 Å². The zero-order valence-electron chi connectivity index (χ0n) is 10.9. The maximum atomic E-state index is 12.7. The Labute approximate surface area is 118 Å². The smallest absolute Gasteiger partial charge is 0.319 e. The number of imide groups is 1. The summed E-state index contributed by atoms with van der Waals surface area (Å²) in [6.45, 7) is 0.847. The minimum atomic E-state index is -4.55. The van der Waals surface area contributed by atoms with Crippen molar-refractivity contribution >= 4 is 11.9 Å². The maximum absolute atomic E-state index is 12.7. The van der Waals surface area contributed by atoms with E-state index < -0.39 is 35.8 Å². The van der Waals surface area contributed by atoms with Gasteiger partial charge in [0.05, 0.1) is 11.6 Å². The molecule has 0 radical (unpaired) electrons. The van der Waals surface area contributed by atoms with Gasteiger partial charge in [-0.3, -0.25) is 4.79 Å². The first-order chi connectivity index (χ1) is 9.70. The third-order valence-corrected chi connectivity index (χ3v) is 3.27. The van der Waals surface area contributed by atoms with Gasteiger partial charge in [-0.05, 0) is 24.6 Å². The molecule has 0 saturated carbocycles. The lowest BCUT2D eigenvalue weighted by atomic mass is 9.90. The zero-order valence-corrected chi connectivity index (χ0v) is 10.9. The fraction of sp³-hybridized carbons (Fsp3) is 0.308. The van der Waals surface area contributed by atoms with Crippen LogP contribution in [0.15, 0.2) is 24.3 Å². The summed E-state index contributed by atoms with van der Waals surface area (Å²) in [5.74, 6) is -0.756. The molecule has 1 unspecified atom stereocenters. The number of amides is 3. The van der Waals surface area contributed by atoms with Gasteiger partial charge in [-0.2, -0.15) is 18.4 Å². The van der Waals surface area contributed by atoms with E-state index in [1.807, 2.05) is 0 Å². The molecule has 1 aromatic rings. The molecule has 21 heavy (non-hydrogen) atoms. The van der Waals surface area contributed by atoms with Crippen LogP contribution in [0.3, 0.4) is 0 Å². The van der Waals surface area contributed by atoms with Crippen LogP contribution in [0.4, 0.5) is 18.0 Å². The number of benzene rings is 1. The highest BCUT2D eigenvalue weighted by molar-refractivity contribution is 6.07. The average Bonchev–Trinajstić information content (AvgIpc) is 2.63. The SMILES string of the molecule is CC1(c2cccc(C(F)(F)F)c2)NC(=O)N(CC#N)C1=O. The van der Waals surface area contributed by atoms with Crippen molar-refractivity contribution in [3.8, 4) is 6.07 Å². The van der Waals surface area contributed by atoms with Crippen molar-refractivity contribution in [2.75, 3.05) is 6.54 Å². The van der Waals surface area contributed by atoms with Gasteiger partial charge in [-0.15, -0.1) is 0 Å². The predicted octanol–water partition coefficient (Wildman–Crippen LogP) is 2.00. The molecule has 3 amide bonds. The minimum absolute atomic E-state index is 0.0103. The van der Waals surface area contributed by atoms with E-state index >= 15 is 0 Å². The molecule has 0 aliphatic carbocycles. The third kappa shape index (κ3) is 2.42. The molecular weight excluding hydrogens is 287 g/mol. The molecule has 1 aromatic carbocycles. The van der Waals surface area contributed by atoms with Crippen LogP contribution in [0.25, 0.3) is 0 Å². The highest BCUT2D eigenvalue weighted by atomic mass is 19.4. The van der Waals surface area contributed by atoms with Gasteiger partial charge < -0.3 is 5.32 Å². The van der Waals surface area contributed by atoms with Crippen molar-refractivity contribution in [3.05, 3.63) is 35.4 Å². The predicted molar refractivity (Wildman–Crippen MR) is 64.7 cm³/mol. The van der Waals surface area contributed by atoms with Crippen LogP contribution in [-0.2, 0) is 16.5 Å². The first-order valence-corrected chi connectivity index (χ1v) is 5.89. The monoisotopic (exact) mass is 297 g/mol. The van der Waals surface area contributed by atoms with E-state index in [4.69, 9.17) is 5.26 Å². The number of urea groups is 1. The van der Waals surface area contributed by atoms with Gasteiger partial charge >= 0.3 is 12.2 Å². The number of nitrogens with zero attached hydrogens (tertiary/aromatic N) is 2. The first-order valence-electron chi connectivity index (χ1n) is 5.89. The second-order valence-electron chi connectivity index (χ2n) is 4.68. The molecule has 1 fully saturated rings. The molecule has 1 saturated heterocycles. The Balaban J connectivity index is 2.45. The highest BCUT2D eigenvalue weighted by Crippen LogP contribution is 2.34. The van der Waals surface area contributed by atoms with Gasteiger partial charge in [-0.1, -0.05) is 12.1 Å². The Morgan fingerprint density at radius 3 is 2.62 bits per heavy atom. The summed E-state index contributed by atoms with van der Waals surface area (Å²) in [6, 6.07) is 5.03. The van der Waals surface area contributed by atoms with Gasteiger partial charge in [0.2, 0.25) is 0 Å². The van der Waals surface area contributed by atoms with E-state index in [9.17, 15) is 22.8 Å². The van der Waals surface area contributed by atoms with Crippen molar-refractivity contribution in [3.63, 3.8) is 0 Å². The highest BCUT2D eigenvalue weighted by Gasteiger charge is 2.49. The number of carbonyl (C=O) groups is 2. The van der Waals surface area contributed by atoms with Gasteiger partial charge in [-0.25, -0.2) is 9.69 Å². The van der Waals surface area contributed by atoms with Crippen molar-refractivity contribution in [1.82, 2.24) is 10.2 Å². The topological polar surface area (TPSA) is 73.2 Å². The van der Waals surface area contributed by atoms with E-state index in [2.05, 4.69) is 5.32 Å². The molecule has 2 rings (SSSR count). The standard InChI is InChI=1S/C13H10F3N3O2/c1-12(10(20)19(6-5-17)11(21)18-12)8-3-2-4-9(7-8)13(14,15)16/h2-4,7H,6H2,1H3,(H,18,21). The summed E-state index contributed by atoms with van der Waals surface area (Å²) in [7, 11) is 0. The molecule has 0 spiro atoms. The molecule has 8 heteroatoms. The van der Waals surface area contributed by atoms with E-state index in [1.165, 1.54) is 13.0 Å². The quantitative estimate of drug-likeness (QED) is 0.670. The second kappa shape index (κ2) is 4.77. The first kappa shape index (κ1) is 14.8. The number of hydrogen-bond donors (Lipinski definition) is 1. The summed E-state index contributed by atoms with van der Waals surface area (Å²) >= 11 is 0. The number of hydrogen-bond acceptors (Lipinski definition) is 3. The molecule has 110 valence electrons. The normalized spacial score (nSPS) is 22.1. The van der Waals surface area contributed by atoms with E-state index in [1.54, 1.807) is 6.07 Å². The summed E-state index contributed by atoms with van der Waals surface area (Å²) in [6.07, 6.45) is -4.55. The lowest BCUT2D eigenvalue weighted by Gasteiger charge is -2.22. The molecule has 1 aliphatic heterocycles. The molecule has 0 bridgehead atoms. The van der Waals surface area contributed by atoms with Crippen LogP contribution < -0.4 is 5.32 Å². The second-order valence-corrected chi connectivity index (χ2v) is 4.68. The molecule has 0 aromatic heterocycles. The largest absolute Gasteiger partial charge is 0.416 e. The van der Waals surface area contributed by atoms with Crippen LogP contribution in [0.2, 0.25) is 0 Å². The van der Waals surface area contributed by atoms with Gasteiger partial charge in [0.1, 0.15) is 12.1 Å². The van der Waals surface area contributed by atoms with Crippen LogP contribution in [0.5, 0.6) is 0 Å². The van der Waals surface area contributed by atoms with E-state index in [0.29, 0.717) is 4.90 Å². The summed E-state index contributed by atoms with van der Waals surface area (Å²) < 4.78 is 38.2. The van der Waals surface area contributed by atoms with Crippen molar-refractivity contribution in [2.24, 2.45) is 0 Å². The lowest BCUT2D eigenvalue weighted by molar-refractivity contribution is -0.138. The minimum Gasteiger partial charge on any atom is -0.319 e. The molecule has 1 heterocycles. The lowest BCUT2D eigenvalue weighted by Crippen LogP contribution is -2.41. The third-order valence-electron chi connectivity index (χ3n) is 3.27. The number of alkyl halides is 3. The number of halogens is 3. The molecule has 1 atom stereocenters. The van der Waals surface area contributed by atoms with Crippen LogP contribution in [-0.4, -0.2) is 23.4 Å². The van der Waals surface area contributed by atoms with Gasteiger partial charge in [0.25, 0.3) is 5.91 Å². The Bertz CT molecular complexity index is 651. The van der Waals surface area contributed by atoms with Crippen LogP contribution in [0.1, 0.15) is 18.1 Å². The number of rotatable bonds is 2. The van der Waals surface area contributed by atoms with Crippen molar-refractivity contribution in [2.45, 2.75) is 18.6 Å². The van der Waals surface area contributed by atoms with Crippen LogP contribution >= 0.6 is 0 Å². The average molecular weight is 297 g/mol. The zero-order chi connectivity index (χ0) is 15.8. The van der Waals surface area contributed by atoms with Crippen LogP contribution in [0, 0.1) is 11.3 Å². The number of carbonyl (C=O) groups excluding carboxylic acids is 2. The van der Waals surface area contributed by atoms with Gasteiger partial charge in [0.15, 0.2) is 0 Å². The van der Waals surface area contributed by atoms with Crippen molar-refractivity contribution < 1.29 is 22.8 Å². The maximum Gasteiger partial charge on any atom is 0.416 e. The Hall–Kier alpha value is -2.56.